The largest absolute Gasteiger partial charge is 0.416 e. The molecule has 0 radical (unpaired) electrons. The first kappa shape index (κ1) is 32.2. The van der Waals surface area contributed by atoms with Gasteiger partial charge >= 0.3 is 18.4 Å². The topological polar surface area (TPSA) is 72.9 Å². The summed E-state index contributed by atoms with van der Waals surface area (Å²) >= 11 is 0. The van der Waals surface area contributed by atoms with Crippen LogP contribution >= 0.6 is 0 Å². The molecule has 3 rings (SSSR count). The van der Waals surface area contributed by atoms with E-state index in [0.717, 1.165) is 5.56 Å². The van der Waals surface area contributed by atoms with Crippen molar-refractivity contribution in [2.24, 2.45) is 5.92 Å². The average molecular weight is 588 g/mol. The van der Waals surface area contributed by atoms with Gasteiger partial charge in [0, 0.05) is 26.1 Å². The molecule has 3 amide bonds. The smallest absolute Gasteiger partial charge is 0.394 e. The van der Waals surface area contributed by atoms with Crippen LogP contribution in [0, 0.1) is 5.92 Å². The van der Waals surface area contributed by atoms with Crippen molar-refractivity contribution in [3.05, 3.63) is 70.8 Å². The molecule has 1 saturated heterocycles. The van der Waals surface area contributed by atoms with Crippen LogP contribution in [-0.2, 0) is 22.6 Å². The number of amides is 3. The first-order valence-corrected chi connectivity index (χ1v) is 13.2. The van der Waals surface area contributed by atoms with E-state index < -0.39 is 58.5 Å². The molecule has 2 aromatic carbocycles. The fourth-order valence-electron chi connectivity index (χ4n) is 5.08. The minimum absolute atomic E-state index is 0.0312. The minimum atomic E-state index is -5.05. The maximum atomic E-state index is 13.9. The number of hydrogen-bond donors (Lipinski definition) is 2. The predicted octanol–water partition coefficient (Wildman–Crippen LogP) is 5.65. The Morgan fingerprint density at radius 1 is 0.951 bits per heavy atom. The van der Waals surface area contributed by atoms with Crippen LogP contribution in [0.15, 0.2) is 48.5 Å². The van der Waals surface area contributed by atoms with Gasteiger partial charge in [0.15, 0.2) is 0 Å². The second kappa shape index (κ2) is 11.9. The molecule has 3 atom stereocenters. The lowest BCUT2D eigenvalue weighted by Crippen LogP contribution is -2.50. The van der Waals surface area contributed by atoms with E-state index in [4.69, 9.17) is 0 Å². The van der Waals surface area contributed by atoms with Crippen molar-refractivity contribution in [1.82, 2.24) is 15.1 Å². The maximum absolute atomic E-state index is 13.9. The number of rotatable bonds is 7. The molecule has 1 aliphatic rings. The van der Waals surface area contributed by atoms with Gasteiger partial charge < -0.3 is 20.2 Å². The Kier molecular flexibility index (Phi) is 9.36. The van der Waals surface area contributed by atoms with E-state index in [0.29, 0.717) is 12.1 Å². The van der Waals surface area contributed by atoms with Crippen LogP contribution < -0.4 is 5.32 Å². The van der Waals surface area contributed by atoms with Gasteiger partial charge in [0.25, 0.3) is 0 Å². The summed E-state index contributed by atoms with van der Waals surface area (Å²) in [5.74, 6) is -1.13. The number of benzene rings is 2. The quantitative estimate of drug-likeness (QED) is 0.411. The Bertz CT molecular complexity index is 1200. The fraction of sp³-hybridized carbons (Fsp3) is 0.517. The second-order valence-electron chi connectivity index (χ2n) is 11.3. The lowest BCUT2D eigenvalue weighted by Gasteiger charge is -2.36. The number of alkyl halides is 6. The van der Waals surface area contributed by atoms with Crippen molar-refractivity contribution in [1.29, 1.82) is 0 Å². The summed E-state index contributed by atoms with van der Waals surface area (Å²) < 4.78 is 81.2. The molecule has 2 N–H and O–H groups in total. The zero-order chi connectivity index (χ0) is 30.9. The summed E-state index contributed by atoms with van der Waals surface area (Å²) in [7, 11) is 1.44. The summed E-state index contributed by atoms with van der Waals surface area (Å²) in [5, 5.41) is 12.4. The van der Waals surface area contributed by atoms with E-state index in [1.807, 2.05) is 26.0 Å². The highest BCUT2D eigenvalue weighted by Crippen LogP contribution is 2.40. The first-order valence-electron chi connectivity index (χ1n) is 13.2. The second-order valence-corrected chi connectivity index (χ2v) is 11.3. The van der Waals surface area contributed by atoms with Gasteiger partial charge in [0.1, 0.15) is 0 Å². The number of hydrogen-bond acceptors (Lipinski definition) is 3. The Balaban J connectivity index is 1.98. The van der Waals surface area contributed by atoms with Gasteiger partial charge in [-0.15, -0.1) is 0 Å². The summed E-state index contributed by atoms with van der Waals surface area (Å²) in [6.45, 7) is 6.25. The molecule has 226 valence electrons. The van der Waals surface area contributed by atoms with Gasteiger partial charge in [-0.1, -0.05) is 44.2 Å². The standard InChI is InChI=1S/C29H35F6N3O3/c1-17(2)23(16-39)36-26(41)38-14-22(18-9-7-6-8-10-18)24(15-38)37(5)25(40)27(3,4)19-11-20(28(30,31)32)13-21(12-19)29(33,34)35/h6-13,17,22-24,39H,14-16H2,1-5H3,(H,36,41)/t22-,23+,24+/m0/s1. The number of likely N-dealkylation sites (N-methyl/N-ethyl adjacent to an activating group) is 1. The van der Waals surface area contributed by atoms with Crippen molar-refractivity contribution in [3.8, 4) is 0 Å². The molecule has 0 unspecified atom stereocenters. The number of nitrogens with zero attached hydrogens (tertiary/aromatic N) is 2. The SMILES string of the molecule is CC(C)[C@@H](CO)NC(=O)N1C[C@@H](N(C)C(=O)C(C)(C)c2cc(C(F)(F)F)cc(C(F)(F)F)c2)[C@H](c2ccccc2)C1. The molecule has 1 heterocycles. The van der Waals surface area contributed by atoms with Gasteiger partial charge in [0.05, 0.1) is 35.2 Å². The molecule has 41 heavy (non-hydrogen) atoms. The monoisotopic (exact) mass is 587 g/mol. The van der Waals surface area contributed by atoms with Crippen molar-refractivity contribution in [2.45, 2.75) is 63.5 Å². The van der Waals surface area contributed by atoms with E-state index >= 15 is 0 Å². The van der Waals surface area contributed by atoms with Crippen LogP contribution in [0.3, 0.4) is 0 Å². The third-order valence-electron chi connectivity index (χ3n) is 7.78. The number of nitrogens with one attached hydrogen (secondary N) is 1. The van der Waals surface area contributed by atoms with E-state index in [-0.39, 0.29) is 37.6 Å². The lowest BCUT2D eigenvalue weighted by molar-refractivity contribution is -0.144. The summed E-state index contributed by atoms with van der Waals surface area (Å²) in [6, 6.07) is 8.65. The molecule has 2 aromatic rings. The Morgan fingerprint density at radius 3 is 1.93 bits per heavy atom. The highest BCUT2D eigenvalue weighted by Gasteiger charge is 2.45. The summed E-state index contributed by atoms with van der Waals surface area (Å²) in [4.78, 5) is 29.8. The Hall–Kier alpha value is -3.28. The highest BCUT2D eigenvalue weighted by atomic mass is 19.4. The van der Waals surface area contributed by atoms with Crippen molar-refractivity contribution in [2.75, 3.05) is 26.7 Å². The average Bonchev–Trinajstić information content (AvgIpc) is 3.35. The normalized spacial score (nSPS) is 18.9. The zero-order valence-electron chi connectivity index (χ0n) is 23.5. The minimum Gasteiger partial charge on any atom is -0.394 e. The van der Waals surface area contributed by atoms with Crippen molar-refractivity contribution in [3.63, 3.8) is 0 Å². The van der Waals surface area contributed by atoms with E-state index in [2.05, 4.69) is 5.32 Å². The van der Waals surface area contributed by atoms with E-state index in [1.165, 1.54) is 30.7 Å². The number of urea groups is 1. The van der Waals surface area contributed by atoms with E-state index in [9.17, 15) is 41.0 Å². The molecule has 1 aliphatic heterocycles. The summed E-state index contributed by atoms with van der Waals surface area (Å²) in [6.07, 6.45) is -10.1. The first-order chi connectivity index (χ1) is 18.9. The van der Waals surface area contributed by atoms with Gasteiger partial charge in [0.2, 0.25) is 5.91 Å². The summed E-state index contributed by atoms with van der Waals surface area (Å²) in [5.41, 5.74) is -4.39. The molecule has 0 spiro atoms. The Morgan fingerprint density at radius 2 is 1.46 bits per heavy atom. The third kappa shape index (κ3) is 7.14. The van der Waals surface area contributed by atoms with Crippen molar-refractivity contribution >= 4 is 11.9 Å². The molecule has 1 fully saturated rings. The molecule has 0 aromatic heterocycles. The molecular formula is C29H35F6N3O3. The molecule has 0 saturated carbocycles. The molecule has 12 heteroatoms. The molecular weight excluding hydrogens is 552 g/mol. The van der Waals surface area contributed by atoms with Crippen LogP contribution in [0.25, 0.3) is 0 Å². The molecule has 6 nitrogen and oxygen atoms in total. The fourth-order valence-corrected chi connectivity index (χ4v) is 5.08. The number of halogens is 6. The number of carbonyl (C=O) groups is 2. The van der Waals surface area contributed by atoms with Crippen LogP contribution in [0.4, 0.5) is 31.1 Å². The third-order valence-corrected chi connectivity index (χ3v) is 7.78. The van der Waals surface area contributed by atoms with Gasteiger partial charge in [-0.2, -0.15) is 26.3 Å². The number of likely N-dealkylation sites (tertiary alicyclic amines) is 1. The zero-order valence-corrected chi connectivity index (χ0v) is 23.5. The van der Waals surface area contributed by atoms with Gasteiger partial charge in [-0.25, -0.2) is 4.79 Å². The number of aliphatic hydroxyl groups is 1. The number of aliphatic hydroxyl groups excluding tert-OH is 1. The van der Waals surface area contributed by atoms with E-state index in [1.54, 1.807) is 18.2 Å². The van der Waals surface area contributed by atoms with Crippen LogP contribution in [0.2, 0.25) is 0 Å². The maximum Gasteiger partial charge on any atom is 0.416 e. The highest BCUT2D eigenvalue weighted by molar-refractivity contribution is 5.88. The van der Waals surface area contributed by atoms with Crippen LogP contribution in [0.1, 0.15) is 55.9 Å². The van der Waals surface area contributed by atoms with Gasteiger partial charge in [-0.3, -0.25) is 4.79 Å². The van der Waals surface area contributed by atoms with Crippen molar-refractivity contribution < 1.29 is 41.0 Å². The predicted molar refractivity (Wildman–Crippen MR) is 141 cm³/mol. The Labute approximate surface area is 235 Å². The van der Waals surface area contributed by atoms with Crippen LogP contribution in [-0.4, -0.2) is 65.7 Å². The number of carbonyl (C=O) groups excluding carboxylic acids is 2. The van der Waals surface area contributed by atoms with Crippen LogP contribution in [0.5, 0.6) is 0 Å². The van der Waals surface area contributed by atoms with Gasteiger partial charge in [-0.05, 0) is 49.1 Å². The molecule has 0 aliphatic carbocycles. The molecule has 0 bridgehead atoms. The lowest BCUT2D eigenvalue weighted by atomic mass is 9.80.